The first-order chi connectivity index (χ1) is 12.1. The number of ether oxygens (including phenoxy) is 1. The van der Waals surface area contributed by atoms with Gasteiger partial charge in [-0.2, -0.15) is 0 Å². The Balaban J connectivity index is 2.13. The lowest BCUT2D eigenvalue weighted by Gasteiger charge is -2.20. The van der Waals surface area contributed by atoms with E-state index in [1.54, 1.807) is 6.92 Å². The van der Waals surface area contributed by atoms with Gasteiger partial charge in [-0.05, 0) is 48.9 Å². The van der Waals surface area contributed by atoms with E-state index in [9.17, 15) is 9.59 Å². The standard InChI is InChI=1S/C21H23ClO3/c1-2-25-21(24)19(14-17-11-7-4-8-12-17)15-18(20(22)23)13-16-9-5-3-6-10-16/h3-12,18-19H,2,13-15H2,1H3/t18-,19-/m1/s1. The second kappa shape index (κ2) is 10.00. The quantitative estimate of drug-likeness (QED) is 0.492. The first-order valence-corrected chi connectivity index (χ1v) is 8.91. The van der Waals surface area contributed by atoms with E-state index >= 15 is 0 Å². The van der Waals surface area contributed by atoms with Gasteiger partial charge in [0.05, 0.1) is 12.5 Å². The Bertz CT molecular complexity index is 670. The van der Waals surface area contributed by atoms with Crippen LogP contribution in [-0.4, -0.2) is 17.8 Å². The predicted molar refractivity (Wildman–Crippen MR) is 99.4 cm³/mol. The number of hydrogen-bond donors (Lipinski definition) is 0. The maximum Gasteiger partial charge on any atom is 0.309 e. The number of hydrogen-bond acceptors (Lipinski definition) is 3. The minimum atomic E-state index is -0.415. The van der Waals surface area contributed by atoms with Crippen LogP contribution in [0.2, 0.25) is 0 Å². The Hall–Kier alpha value is -2.13. The first kappa shape index (κ1) is 19.2. The zero-order valence-corrected chi connectivity index (χ0v) is 15.1. The fourth-order valence-corrected chi connectivity index (χ4v) is 3.09. The number of carbonyl (C=O) groups excluding carboxylic acids is 2. The van der Waals surface area contributed by atoms with Crippen LogP contribution >= 0.6 is 11.6 Å². The highest BCUT2D eigenvalue weighted by Gasteiger charge is 2.28. The summed E-state index contributed by atoms with van der Waals surface area (Å²) in [4.78, 5) is 24.3. The van der Waals surface area contributed by atoms with E-state index in [0.717, 1.165) is 11.1 Å². The van der Waals surface area contributed by atoms with Gasteiger partial charge in [-0.1, -0.05) is 60.7 Å². The molecule has 2 aromatic carbocycles. The van der Waals surface area contributed by atoms with Crippen LogP contribution in [0.4, 0.5) is 0 Å². The molecule has 4 heteroatoms. The molecule has 0 aliphatic rings. The van der Waals surface area contributed by atoms with Crippen molar-refractivity contribution in [2.75, 3.05) is 6.61 Å². The third-order valence-electron chi connectivity index (χ3n) is 4.16. The van der Waals surface area contributed by atoms with Crippen LogP contribution in [0.15, 0.2) is 60.7 Å². The molecule has 0 saturated carbocycles. The molecule has 0 bridgehead atoms. The Morgan fingerprint density at radius 2 is 1.36 bits per heavy atom. The van der Waals surface area contributed by atoms with Crippen LogP contribution in [0.3, 0.4) is 0 Å². The average molecular weight is 359 g/mol. The summed E-state index contributed by atoms with van der Waals surface area (Å²) in [6.07, 6.45) is 1.44. The Morgan fingerprint density at radius 1 is 0.880 bits per heavy atom. The summed E-state index contributed by atoms with van der Waals surface area (Å²) in [6, 6.07) is 19.5. The van der Waals surface area contributed by atoms with Gasteiger partial charge in [-0.25, -0.2) is 0 Å². The molecule has 0 unspecified atom stereocenters. The molecule has 2 rings (SSSR count). The monoisotopic (exact) mass is 358 g/mol. The van der Waals surface area contributed by atoms with Crippen molar-refractivity contribution in [3.8, 4) is 0 Å². The summed E-state index contributed by atoms with van der Waals surface area (Å²) in [5.41, 5.74) is 2.07. The van der Waals surface area contributed by atoms with Crippen molar-refractivity contribution in [2.24, 2.45) is 11.8 Å². The maximum absolute atomic E-state index is 12.4. The highest BCUT2D eigenvalue weighted by molar-refractivity contribution is 6.64. The summed E-state index contributed by atoms with van der Waals surface area (Å²) in [5.74, 6) is -1.08. The number of benzene rings is 2. The third kappa shape index (κ3) is 6.35. The van der Waals surface area contributed by atoms with Crippen LogP contribution in [0.5, 0.6) is 0 Å². The first-order valence-electron chi connectivity index (χ1n) is 8.54. The van der Waals surface area contributed by atoms with Crippen molar-refractivity contribution >= 4 is 22.8 Å². The molecule has 0 radical (unpaired) electrons. The van der Waals surface area contributed by atoms with Gasteiger partial charge in [0.15, 0.2) is 0 Å². The van der Waals surface area contributed by atoms with Gasteiger partial charge in [0.2, 0.25) is 5.24 Å². The van der Waals surface area contributed by atoms with Crippen molar-refractivity contribution in [3.63, 3.8) is 0 Å². The highest BCUT2D eigenvalue weighted by atomic mass is 35.5. The zero-order valence-electron chi connectivity index (χ0n) is 14.4. The van der Waals surface area contributed by atoms with Crippen molar-refractivity contribution < 1.29 is 14.3 Å². The molecule has 0 amide bonds. The Labute approximate surface area is 154 Å². The maximum atomic E-state index is 12.4. The number of esters is 1. The van der Waals surface area contributed by atoms with E-state index in [1.807, 2.05) is 60.7 Å². The Morgan fingerprint density at radius 3 is 1.80 bits per heavy atom. The highest BCUT2D eigenvalue weighted by Crippen LogP contribution is 2.24. The second-order valence-electron chi connectivity index (χ2n) is 6.07. The smallest absolute Gasteiger partial charge is 0.309 e. The van der Waals surface area contributed by atoms with E-state index in [4.69, 9.17) is 16.3 Å². The van der Waals surface area contributed by atoms with Crippen LogP contribution in [0.25, 0.3) is 0 Å². The van der Waals surface area contributed by atoms with Crippen LogP contribution in [0.1, 0.15) is 24.5 Å². The molecule has 0 aliphatic carbocycles. The van der Waals surface area contributed by atoms with Crippen LogP contribution in [0, 0.1) is 11.8 Å². The zero-order chi connectivity index (χ0) is 18.1. The van der Waals surface area contributed by atoms with Crippen molar-refractivity contribution in [3.05, 3.63) is 71.8 Å². The fraction of sp³-hybridized carbons (Fsp3) is 0.333. The van der Waals surface area contributed by atoms with Crippen molar-refractivity contribution in [1.29, 1.82) is 0 Å². The van der Waals surface area contributed by atoms with Crippen molar-refractivity contribution in [1.82, 2.24) is 0 Å². The number of halogens is 1. The van der Waals surface area contributed by atoms with Gasteiger partial charge < -0.3 is 4.74 Å². The predicted octanol–water partition coefficient (Wildman–Crippen LogP) is 4.42. The summed E-state index contributed by atoms with van der Waals surface area (Å²) in [5, 5.41) is -0.411. The Kier molecular flexibility index (Phi) is 7.68. The lowest BCUT2D eigenvalue weighted by Crippen LogP contribution is -2.26. The topological polar surface area (TPSA) is 43.4 Å². The SMILES string of the molecule is CCOC(=O)[C@H](Cc1ccccc1)C[C@@H](Cc1ccccc1)C(=O)Cl. The molecule has 0 heterocycles. The molecular formula is C21H23ClO3. The van der Waals surface area contributed by atoms with Gasteiger partial charge in [-0.3, -0.25) is 9.59 Å². The summed E-state index contributed by atoms with van der Waals surface area (Å²) in [7, 11) is 0. The minimum absolute atomic E-state index is 0.276. The van der Waals surface area contributed by atoms with Crippen molar-refractivity contribution in [2.45, 2.75) is 26.2 Å². The molecular weight excluding hydrogens is 336 g/mol. The second-order valence-corrected chi connectivity index (χ2v) is 6.44. The lowest BCUT2D eigenvalue weighted by atomic mass is 9.86. The molecule has 2 aromatic rings. The van der Waals surface area contributed by atoms with E-state index in [1.165, 1.54) is 0 Å². The lowest BCUT2D eigenvalue weighted by molar-refractivity contribution is -0.148. The number of carbonyl (C=O) groups is 2. The summed E-state index contributed by atoms with van der Waals surface area (Å²) >= 11 is 5.83. The van der Waals surface area contributed by atoms with E-state index < -0.39 is 17.1 Å². The molecule has 0 aromatic heterocycles. The molecule has 132 valence electrons. The molecule has 0 saturated heterocycles. The van der Waals surface area contributed by atoms with E-state index in [0.29, 0.717) is 25.9 Å². The fourth-order valence-electron chi connectivity index (χ4n) is 2.92. The molecule has 3 nitrogen and oxygen atoms in total. The van der Waals surface area contributed by atoms with Gasteiger partial charge >= 0.3 is 5.97 Å². The minimum Gasteiger partial charge on any atom is -0.466 e. The summed E-state index contributed by atoms with van der Waals surface area (Å²) in [6.45, 7) is 2.11. The van der Waals surface area contributed by atoms with E-state index in [-0.39, 0.29) is 5.97 Å². The van der Waals surface area contributed by atoms with Crippen LogP contribution in [-0.2, 0) is 27.2 Å². The average Bonchev–Trinajstić information content (AvgIpc) is 2.62. The molecule has 25 heavy (non-hydrogen) atoms. The number of rotatable bonds is 9. The van der Waals surface area contributed by atoms with Gasteiger partial charge in [0.25, 0.3) is 0 Å². The molecule has 0 aliphatic heterocycles. The van der Waals surface area contributed by atoms with Gasteiger partial charge in [0, 0.05) is 5.92 Å². The largest absolute Gasteiger partial charge is 0.466 e. The van der Waals surface area contributed by atoms with Gasteiger partial charge in [-0.15, -0.1) is 0 Å². The molecule has 0 fully saturated rings. The third-order valence-corrected chi connectivity index (χ3v) is 4.47. The van der Waals surface area contributed by atoms with E-state index in [2.05, 4.69) is 0 Å². The summed E-state index contributed by atoms with van der Waals surface area (Å²) < 4.78 is 5.21. The van der Waals surface area contributed by atoms with Crippen LogP contribution < -0.4 is 0 Å². The molecule has 2 atom stereocenters. The normalized spacial score (nSPS) is 13.0. The van der Waals surface area contributed by atoms with Gasteiger partial charge in [0.1, 0.15) is 0 Å². The molecule has 0 spiro atoms. The molecule has 0 N–H and O–H groups in total.